The number of nitrogens with zero attached hydrogens (tertiary/aromatic N) is 2. The van der Waals surface area contributed by atoms with Crippen LogP contribution in [0.15, 0.2) is 35.8 Å². The van der Waals surface area contributed by atoms with E-state index in [0.717, 1.165) is 25.1 Å². The summed E-state index contributed by atoms with van der Waals surface area (Å²) in [7, 11) is 0. The number of ketones is 1. The minimum atomic E-state index is -0.292. The minimum absolute atomic E-state index is 0.177. The SMILES string of the molecule is CC.[C-]#[N+]/C(C(=O)c1ccccn1)=C1\CCCN1. The Kier molecular flexibility index (Phi) is 5.59. The van der Waals surface area contributed by atoms with Crippen molar-refractivity contribution in [3.8, 4) is 0 Å². The number of pyridine rings is 1. The molecule has 0 unspecified atom stereocenters. The van der Waals surface area contributed by atoms with Crippen molar-refractivity contribution < 1.29 is 4.79 Å². The van der Waals surface area contributed by atoms with Gasteiger partial charge in [-0.05, 0) is 25.0 Å². The lowest BCUT2D eigenvalue weighted by atomic mass is 10.1. The zero-order valence-corrected chi connectivity index (χ0v) is 10.7. The summed E-state index contributed by atoms with van der Waals surface area (Å²) < 4.78 is 0. The van der Waals surface area contributed by atoms with E-state index in [1.165, 1.54) is 0 Å². The molecule has 2 rings (SSSR count). The van der Waals surface area contributed by atoms with Crippen LogP contribution in [-0.4, -0.2) is 17.3 Å². The van der Waals surface area contributed by atoms with Crippen LogP contribution >= 0.6 is 0 Å². The molecular formula is C14H17N3O. The Balaban J connectivity index is 0.000000771. The highest BCUT2D eigenvalue weighted by Crippen LogP contribution is 2.18. The fraction of sp³-hybridized carbons (Fsp3) is 0.357. The highest BCUT2D eigenvalue weighted by atomic mass is 16.1. The van der Waals surface area contributed by atoms with E-state index in [2.05, 4.69) is 15.1 Å². The Bertz CT molecular complexity index is 464. The van der Waals surface area contributed by atoms with Crippen LogP contribution in [0.1, 0.15) is 37.2 Å². The summed E-state index contributed by atoms with van der Waals surface area (Å²) in [5.74, 6) is -0.292. The van der Waals surface area contributed by atoms with E-state index in [-0.39, 0.29) is 11.5 Å². The lowest BCUT2D eigenvalue weighted by Gasteiger charge is -2.03. The van der Waals surface area contributed by atoms with Crippen molar-refractivity contribution in [2.75, 3.05) is 6.54 Å². The van der Waals surface area contributed by atoms with Crippen LogP contribution < -0.4 is 5.32 Å². The molecule has 1 aliphatic rings. The predicted molar refractivity (Wildman–Crippen MR) is 70.8 cm³/mol. The standard InChI is InChI=1S/C12H11N3O.C2H6/c1-13-11(9-6-4-8-14-9)12(16)10-5-2-3-7-15-10;1-2/h2-3,5,7,14H,4,6,8H2;1-2H3/b11-9+;. The second kappa shape index (κ2) is 7.23. The predicted octanol–water partition coefficient (Wildman–Crippen LogP) is 2.80. The third-order valence-corrected chi connectivity index (χ3v) is 2.45. The van der Waals surface area contributed by atoms with E-state index in [0.29, 0.717) is 5.69 Å². The van der Waals surface area contributed by atoms with Crippen molar-refractivity contribution in [2.45, 2.75) is 26.7 Å². The minimum Gasteiger partial charge on any atom is -0.397 e. The first kappa shape index (κ1) is 13.9. The first-order valence-electron chi connectivity index (χ1n) is 6.13. The number of rotatable bonds is 2. The number of hydrogen-bond acceptors (Lipinski definition) is 3. The molecule has 94 valence electrons. The third-order valence-electron chi connectivity index (χ3n) is 2.45. The molecule has 0 aromatic carbocycles. The number of allylic oxidation sites excluding steroid dienone is 2. The molecule has 4 nitrogen and oxygen atoms in total. The van der Waals surface area contributed by atoms with Gasteiger partial charge in [0.05, 0.1) is 12.3 Å². The average Bonchev–Trinajstić information content (AvgIpc) is 2.97. The van der Waals surface area contributed by atoms with Crippen molar-refractivity contribution in [2.24, 2.45) is 0 Å². The maximum atomic E-state index is 12.0. The van der Waals surface area contributed by atoms with Crippen LogP contribution in [0.5, 0.6) is 0 Å². The molecule has 1 aliphatic heterocycles. The molecule has 18 heavy (non-hydrogen) atoms. The zero-order chi connectivity index (χ0) is 13.4. The number of carbonyl (C=O) groups is 1. The summed E-state index contributed by atoms with van der Waals surface area (Å²) in [5.41, 5.74) is 1.26. The molecule has 1 aromatic rings. The van der Waals surface area contributed by atoms with Crippen LogP contribution in [0, 0.1) is 6.57 Å². The number of carbonyl (C=O) groups excluding carboxylic acids is 1. The molecule has 0 spiro atoms. The first-order valence-corrected chi connectivity index (χ1v) is 6.13. The van der Waals surface area contributed by atoms with Crippen LogP contribution in [0.2, 0.25) is 0 Å². The highest BCUT2D eigenvalue weighted by Gasteiger charge is 2.20. The zero-order valence-electron chi connectivity index (χ0n) is 10.7. The Labute approximate surface area is 108 Å². The van der Waals surface area contributed by atoms with Gasteiger partial charge >= 0.3 is 0 Å². The summed E-state index contributed by atoms with van der Waals surface area (Å²) >= 11 is 0. The second-order valence-corrected chi connectivity index (χ2v) is 3.51. The van der Waals surface area contributed by atoms with E-state index in [1.54, 1.807) is 24.4 Å². The molecular weight excluding hydrogens is 226 g/mol. The molecule has 0 aliphatic carbocycles. The number of Topliss-reactive ketones (excluding diaryl/α,β-unsaturated/α-hetero) is 1. The number of hydrogen-bond donors (Lipinski definition) is 1. The Hall–Kier alpha value is -2.15. The van der Waals surface area contributed by atoms with Gasteiger partial charge in [-0.1, -0.05) is 19.9 Å². The van der Waals surface area contributed by atoms with Crippen LogP contribution in [0.25, 0.3) is 4.85 Å². The average molecular weight is 243 g/mol. The van der Waals surface area contributed by atoms with Gasteiger partial charge in [-0.15, -0.1) is 0 Å². The van der Waals surface area contributed by atoms with Gasteiger partial charge < -0.3 is 10.1 Å². The first-order chi connectivity index (χ1) is 8.83. The molecule has 1 aromatic heterocycles. The van der Waals surface area contributed by atoms with Crippen LogP contribution in [0.3, 0.4) is 0 Å². The smallest absolute Gasteiger partial charge is 0.253 e. The molecule has 0 atom stereocenters. The molecule has 1 fully saturated rings. The van der Waals surface area contributed by atoms with E-state index < -0.39 is 0 Å². The topological polar surface area (TPSA) is 46.4 Å². The van der Waals surface area contributed by atoms with Crippen molar-refractivity contribution >= 4 is 5.78 Å². The van der Waals surface area contributed by atoms with E-state index in [1.807, 2.05) is 13.8 Å². The van der Waals surface area contributed by atoms with Gasteiger partial charge in [0.25, 0.3) is 5.70 Å². The molecule has 1 saturated heterocycles. The highest BCUT2D eigenvalue weighted by molar-refractivity contribution is 6.09. The fourth-order valence-electron chi connectivity index (χ4n) is 1.67. The molecule has 0 saturated carbocycles. The summed E-state index contributed by atoms with van der Waals surface area (Å²) in [6.07, 6.45) is 3.31. The molecule has 1 N–H and O–H groups in total. The third kappa shape index (κ3) is 3.17. The maximum absolute atomic E-state index is 12.0. The van der Waals surface area contributed by atoms with Gasteiger partial charge in [0.1, 0.15) is 0 Å². The summed E-state index contributed by atoms with van der Waals surface area (Å²) in [5, 5.41) is 3.08. The summed E-state index contributed by atoms with van der Waals surface area (Å²) in [6, 6.07) is 5.12. The van der Waals surface area contributed by atoms with E-state index in [4.69, 9.17) is 6.57 Å². The van der Waals surface area contributed by atoms with Crippen LogP contribution in [-0.2, 0) is 0 Å². The van der Waals surface area contributed by atoms with E-state index in [9.17, 15) is 4.79 Å². The molecule has 0 amide bonds. The number of aromatic nitrogens is 1. The molecule has 4 heteroatoms. The summed E-state index contributed by atoms with van der Waals surface area (Å²) in [6.45, 7) is 11.9. The summed E-state index contributed by atoms with van der Waals surface area (Å²) in [4.78, 5) is 19.3. The largest absolute Gasteiger partial charge is 0.397 e. The number of nitrogens with one attached hydrogen (secondary N) is 1. The van der Waals surface area contributed by atoms with Gasteiger partial charge in [0.2, 0.25) is 5.78 Å². The van der Waals surface area contributed by atoms with Gasteiger partial charge in [0.15, 0.2) is 0 Å². The fourth-order valence-corrected chi connectivity index (χ4v) is 1.67. The monoisotopic (exact) mass is 243 g/mol. The lowest BCUT2D eigenvalue weighted by Crippen LogP contribution is -2.12. The van der Waals surface area contributed by atoms with Gasteiger partial charge in [-0.2, -0.15) is 0 Å². The van der Waals surface area contributed by atoms with Crippen molar-refractivity contribution in [1.29, 1.82) is 0 Å². The van der Waals surface area contributed by atoms with Crippen molar-refractivity contribution in [3.63, 3.8) is 0 Å². The Morgan fingerprint density at radius 1 is 1.44 bits per heavy atom. The van der Waals surface area contributed by atoms with E-state index >= 15 is 0 Å². The normalized spacial score (nSPS) is 15.8. The van der Waals surface area contributed by atoms with Gasteiger partial charge in [-0.3, -0.25) is 4.98 Å². The van der Waals surface area contributed by atoms with Gasteiger partial charge in [-0.25, -0.2) is 4.85 Å². The second-order valence-electron chi connectivity index (χ2n) is 3.51. The maximum Gasteiger partial charge on any atom is 0.253 e. The lowest BCUT2D eigenvalue weighted by molar-refractivity contribution is 0.103. The Morgan fingerprint density at radius 3 is 2.72 bits per heavy atom. The van der Waals surface area contributed by atoms with Crippen LogP contribution in [0.4, 0.5) is 0 Å². The van der Waals surface area contributed by atoms with Gasteiger partial charge in [0, 0.05) is 18.4 Å². The Morgan fingerprint density at radius 2 is 2.22 bits per heavy atom. The molecule has 2 heterocycles. The molecule has 0 radical (unpaired) electrons. The van der Waals surface area contributed by atoms with Crippen molar-refractivity contribution in [1.82, 2.24) is 10.3 Å². The quantitative estimate of drug-likeness (QED) is 0.493. The molecule has 0 bridgehead atoms. The van der Waals surface area contributed by atoms with Crippen molar-refractivity contribution in [3.05, 3.63) is 52.9 Å².